The first-order valence-electron chi connectivity index (χ1n) is 23.9. The van der Waals surface area contributed by atoms with Gasteiger partial charge in [0.25, 0.3) is 0 Å². The Balaban J connectivity index is 0.904. The fourth-order valence-electron chi connectivity index (χ4n) is 6.52. The summed E-state index contributed by atoms with van der Waals surface area (Å²) in [6, 6.07) is 16.6. The summed E-state index contributed by atoms with van der Waals surface area (Å²) >= 11 is 0. The SMILES string of the molecule is CCCCCCC(=O)OCCOCCOCCOCCOCCOCCOCCOCCOCCOCCOCCOCCOCCCNC(=O)OCC1c2ccccc2-c2ccccc21. The van der Waals surface area contributed by atoms with E-state index in [9.17, 15) is 9.59 Å². The van der Waals surface area contributed by atoms with E-state index in [4.69, 9.17) is 66.3 Å². The number of alkyl carbamates (subject to hydrolysis) is 1. The monoisotopic (exact) mass is 938 g/mol. The molecule has 0 bridgehead atoms. The summed E-state index contributed by atoms with van der Waals surface area (Å²) < 4.78 is 76.8. The average molecular weight is 938 g/mol. The number of benzene rings is 2. The quantitative estimate of drug-likeness (QED) is 0.0638. The highest BCUT2D eigenvalue weighted by Gasteiger charge is 2.29. The van der Waals surface area contributed by atoms with E-state index >= 15 is 0 Å². The smallest absolute Gasteiger partial charge is 0.407 e. The van der Waals surface area contributed by atoms with Gasteiger partial charge in [-0.05, 0) is 35.1 Å². The minimum Gasteiger partial charge on any atom is -0.463 e. The van der Waals surface area contributed by atoms with Crippen molar-refractivity contribution in [3.8, 4) is 11.1 Å². The molecule has 0 aliphatic heterocycles. The van der Waals surface area contributed by atoms with Crippen LogP contribution in [-0.2, 0) is 71.1 Å². The van der Waals surface area contributed by atoms with Gasteiger partial charge in [-0.3, -0.25) is 4.79 Å². The van der Waals surface area contributed by atoms with Crippen molar-refractivity contribution in [3.05, 3.63) is 59.7 Å². The van der Waals surface area contributed by atoms with Crippen LogP contribution in [0.25, 0.3) is 11.1 Å². The van der Waals surface area contributed by atoms with Crippen LogP contribution in [0.3, 0.4) is 0 Å². The van der Waals surface area contributed by atoms with Gasteiger partial charge in [0.15, 0.2) is 0 Å². The van der Waals surface area contributed by atoms with Gasteiger partial charge in [0.2, 0.25) is 0 Å². The zero-order valence-electron chi connectivity index (χ0n) is 39.6. The Morgan fingerprint density at radius 3 is 1.14 bits per heavy atom. The van der Waals surface area contributed by atoms with Crippen LogP contribution in [0, 0.1) is 0 Å². The van der Waals surface area contributed by atoms with E-state index in [-0.39, 0.29) is 18.5 Å². The van der Waals surface area contributed by atoms with Crippen molar-refractivity contribution < 1.29 is 75.9 Å². The van der Waals surface area contributed by atoms with E-state index in [1.807, 2.05) is 24.3 Å². The van der Waals surface area contributed by atoms with Crippen LogP contribution in [0.5, 0.6) is 0 Å². The first-order valence-corrected chi connectivity index (χ1v) is 23.9. The lowest BCUT2D eigenvalue weighted by Gasteiger charge is -2.14. The molecule has 0 aromatic heterocycles. The molecule has 1 aliphatic carbocycles. The fraction of sp³-hybridized carbons (Fsp3) is 0.714. The highest BCUT2D eigenvalue weighted by Crippen LogP contribution is 2.44. The van der Waals surface area contributed by atoms with E-state index in [2.05, 4.69) is 36.5 Å². The third-order valence-electron chi connectivity index (χ3n) is 9.90. The molecule has 2 aromatic rings. The maximum absolute atomic E-state index is 12.3. The number of hydrogen-bond acceptors (Lipinski definition) is 16. The number of rotatable bonds is 47. The molecular formula is C49H79NO16. The van der Waals surface area contributed by atoms with Crippen LogP contribution in [0.2, 0.25) is 0 Å². The number of amides is 1. The summed E-state index contributed by atoms with van der Waals surface area (Å²) in [5, 5.41) is 2.81. The van der Waals surface area contributed by atoms with Crippen LogP contribution in [-0.4, -0.2) is 190 Å². The maximum Gasteiger partial charge on any atom is 0.407 e. The van der Waals surface area contributed by atoms with Gasteiger partial charge in [-0.2, -0.15) is 0 Å². The largest absolute Gasteiger partial charge is 0.463 e. The molecule has 66 heavy (non-hydrogen) atoms. The first kappa shape index (κ1) is 57.0. The zero-order chi connectivity index (χ0) is 46.6. The second-order valence-electron chi connectivity index (χ2n) is 15.0. The van der Waals surface area contributed by atoms with Crippen molar-refractivity contribution in [3.63, 3.8) is 0 Å². The normalized spacial score (nSPS) is 12.1. The number of carbonyl (C=O) groups excluding carboxylic acids is 2. The second kappa shape index (κ2) is 41.9. The molecule has 1 N–H and O–H groups in total. The van der Waals surface area contributed by atoms with Crippen LogP contribution in [0.4, 0.5) is 4.79 Å². The Labute approximate surface area is 392 Å². The summed E-state index contributed by atoms with van der Waals surface area (Å²) in [6.45, 7) is 14.6. The van der Waals surface area contributed by atoms with Gasteiger partial charge in [0, 0.05) is 25.5 Å². The molecule has 1 aliphatic rings. The topological polar surface area (TPSA) is 175 Å². The van der Waals surface area contributed by atoms with Gasteiger partial charge < -0.3 is 71.6 Å². The number of fused-ring (bicyclic) bond motifs is 3. The molecule has 1 amide bonds. The average Bonchev–Trinajstić information content (AvgIpc) is 3.66. The lowest BCUT2D eigenvalue weighted by molar-refractivity contribution is -0.145. The fourth-order valence-corrected chi connectivity index (χ4v) is 6.52. The lowest BCUT2D eigenvalue weighted by atomic mass is 9.98. The molecule has 0 spiro atoms. The molecule has 3 rings (SSSR count). The molecule has 17 heteroatoms. The van der Waals surface area contributed by atoms with Gasteiger partial charge in [0.1, 0.15) is 13.2 Å². The molecule has 0 atom stereocenters. The number of unbranched alkanes of at least 4 members (excludes halogenated alkanes) is 3. The number of nitrogens with one attached hydrogen (secondary N) is 1. The molecule has 0 unspecified atom stereocenters. The van der Waals surface area contributed by atoms with Gasteiger partial charge >= 0.3 is 12.1 Å². The molecule has 0 heterocycles. The summed E-state index contributed by atoms with van der Waals surface area (Å²) in [6.07, 6.45) is 4.99. The number of esters is 1. The van der Waals surface area contributed by atoms with E-state index in [0.717, 1.165) is 25.7 Å². The van der Waals surface area contributed by atoms with Crippen LogP contribution in [0.1, 0.15) is 62.5 Å². The van der Waals surface area contributed by atoms with E-state index in [1.54, 1.807) is 0 Å². The highest BCUT2D eigenvalue weighted by atomic mass is 16.6. The van der Waals surface area contributed by atoms with Crippen molar-refractivity contribution in [2.75, 3.05) is 178 Å². The third kappa shape index (κ3) is 29.5. The first-order chi connectivity index (χ1) is 32.7. The molecule has 0 fully saturated rings. The van der Waals surface area contributed by atoms with Crippen molar-refractivity contribution in [2.45, 2.75) is 51.4 Å². The Bertz CT molecular complexity index is 1410. The van der Waals surface area contributed by atoms with Crippen molar-refractivity contribution >= 4 is 12.1 Å². The number of ether oxygens (including phenoxy) is 14. The second-order valence-corrected chi connectivity index (χ2v) is 15.0. The van der Waals surface area contributed by atoms with Crippen molar-refractivity contribution in [2.24, 2.45) is 0 Å². The molecular weight excluding hydrogens is 859 g/mol. The zero-order valence-corrected chi connectivity index (χ0v) is 39.6. The molecule has 0 saturated heterocycles. The summed E-state index contributed by atoms with van der Waals surface area (Å²) in [5.41, 5.74) is 4.80. The number of carbonyl (C=O) groups is 2. The standard InChI is InChI=1S/C49H79NO16/c1-2-3-4-5-15-48(51)65-41-40-64-39-38-63-37-36-62-35-34-61-33-32-60-31-30-59-29-28-58-27-26-57-25-24-56-23-22-55-21-20-54-19-18-53-17-10-16-50-49(52)66-42-47-45-13-8-6-11-43(45)44-12-7-9-14-46(44)47/h6-9,11-14,47H,2-5,10,15-42H2,1H3,(H,50,52). The Kier molecular flexibility index (Phi) is 36.2. The molecule has 0 radical (unpaired) electrons. The summed E-state index contributed by atoms with van der Waals surface area (Å²) in [5.74, 6) is -0.113. The minimum absolute atomic E-state index is 0.0446. The maximum atomic E-state index is 12.3. The summed E-state index contributed by atoms with van der Waals surface area (Å²) in [7, 11) is 0. The van der Waals surface area contributed by atoms with Gasteiger partial charge in [-0.25, -0.2) is 4.79 Å². The minimum atomic E-state index is -0.419. The number of hydrogen-bond donors (Lipinski definition) is 1. The van der Waals surface area contributed by atoms with Crippen molar-refractivity contribution in [1.29, 1.82) is 0 Å². The van der Waals surface area contributed by atoms with Crippen molar-refractivity contribution in [1.82, 2.24) is 5.32 Å². The van der Waals surface area contributed by atoms with E-state index < -0.39 is 6.09 Å². The Hall–Kier alpha value is -3.30. The van der Waals surface area contributed by atoms with E-state index in [0.29, 0.717) is 185 Å². The van der Waals surface area contributed by atoms with Gasteiger partial charge in [0.05, 0.1) is 152 Å². The van der Waals surface area contributed by atoms with Crippen LogP contribution >= 0.6 is 0 Å². The Morgan fingerprint density at radius 1 is 0.409 bits per heavy atom. The van der Waals surface area contributed by atoms with Gasteiger partial charge in [-0.1, -0.05) is 74.7 Å². The molecule has 2 aromatic carbocycles. The lowest BCUT2D eigenvalue weighted by Crippen LogP contribution is -2.27. The third-order valence-corrected chi connectivity index (χ3v) is 9.90. The Morgan fingerprint density at radius 2 is 0.758 bits per heavy atom. The predicted molar refractivity (Wildman–Crippen MR) is 247 cm³/mol. The highest BCUT2D eigenvalue weighted by molar-refractivity contribution is 5.79. The predicted octanol–water partition coefficient (Wildman–Crippen LogP) is 5.63. The molecule has 376 valence electrons. The van der Waals surface area contributed by atoms with Crippen LogP contribution in [0.15, 0.2) is 48.5 Å². The van der Waals surface area contributed by atoms with Crippen LogP contribution < -0.4 is 5.32 Å². The molecule has 0 saturated carbocycles. The van der Waals surface area contributed by atoms with Gasteiger partial charge in [-0.15, -0.1) is 0 Å². The molecule has 17 nitrogen and oxygen atoms in total. The van der Waals surface area contributed by atoms with E-state index in [1.165, 1.54) is 22.3 Å². The summed E-state index contributed by atoms with van der Waals surface area (Å²) in [4.78, 5) is 23.9.